The van der Waals surface area contributed by atoms with Gasteiger partial charge in [0.1, 0.15) is 6.61 Å². The standard InChI is InChI=1S/C10H9Cl3N2O3S/c1-15-8-5-3-2-4-7(8)9(14-15)19(16,17)18-6-10(11,12)13/h2-5H,6H2,1H3/p+1. The molecule has 0 unspecified atom stereocenters. The van der Waals surface area contributed by atoms with E-state index in [-0.39, 0.29) is 5.03 Å². The van der Waals surface area contributed by atoms with Gasteiger partial charge in [0.15, 0.2) is 7.05 Å². The second-order valence-electron chi connectivity index (χ2n) is 3.85. The van der Waals surface area contributed by atoms with Gasteiger partial charge >= 0.3 is 10.1 Å². The number of hydrogen-bond acceptors (Lipinski definition) is 3. The molecule has 0 aliphatic rings. The summed E-state index contributed by atoms with van der Waals surface area (Å²) in [6.45, 7) is -0.558. The number of aryl methyl sites for hydroxylation is 1. The van der Waals surface area contributed by atoms with Gasteiger partial charge in [0.25, 0.3) is 0 Å². The van der Waals surface area contributed by atoms with Gasteiger partial charge in [-0.1, -0.05) is 46.9 Å². The summed E-state index contributed by atoms with van der Waals surface area (Å²) in [5.41, 5.74) is 0.721. The molecule has 0 amide bonds. The van der Waals surface area contributed by atoms with Crippen molar-refractivity contribution in [2.24, 2.45) is 7.05 Å². The van der Waals surface area contributed by atoms with E-state index in [2.05, 4.69) is 5.10 Å². The van der Waals surface area contributed by atoms with Gasteiger partial charge in [0.05, 0.1) is 5.39 Å². The quantitative estimate of drug-likeness (QED) is 0.527. The number of alkyl halides is 3. The van der Waals surface area contributed by atoms with Crippen LogP contribution in [0.25, 0.3) is 10.9 Å². The van der Waals surface area contributed by atoms with Crippen LogP contribution in [0.15, 0.2) is 29.3 Å². The summed E-state index contributed by atoms with van der Waals surface area (Å²) in [6, 6.07) is 6.97. The maximum atomic E-state index is 12.1. The second-order valence-corrected chi connectivity index (χ2v) is 7.92. The summed E-state index contributed by atoms with van der Waals surface area (Å²) in [5, 5.41) is 3.14. The summed E-state index contributed by atoms with van der Waals surface area (Å²) < 4.78 is 28.6. The molecule has 9 heteroatoms. The molecule has 1 aromatic heterocycles. The Kier molecular flexibility index (Phi) is 3.99. The maximum absolute atomic E-state index is 12.1. The van der Waals surface area contributed by atoms with E-state index < -0.39 is 20.5 Å². The molecule has 2 aromatic rings. The lowest BCUT2D eigenvalue weighted by molar-refractivity contribution is -0.705. The number of fused-ring (bicyclic) bond motifs is 1. The molecule has 1 heterocycles. The Balaban J connectivity index is 2.44. The number of para-hydroxylation sites is 1. The molecule has 5 nitrogen and oxygen atoms in total. The predicted molar refractivity (Wildman–Crippen MR) is 72.9 cm³/mol. The lowest BCUT2D eigenvalue weighted by atomic mass is 10.3. The van der Waals surface area contributed by atoms with E-state index in [1.54, 1.807) is 36.0 Å². The molecular weight excluding hydrogens is 335 g/mol. The highest BCUT2D eigenvalue weighted by Gasteiger charge is 2.30. The topological polar surface area (TPSA) is 63.0 Å². The van der Waals surface area contributed by atoms with E-state index in [1.165, 1.54) is 0 Å². The number of rotatable bonds is 3. The zero-order chi connectivity index (χ0) is 14.3. The summed E-state index contributed by atoms with van der Waals surface area (Å²) in [7, 11) is -2.34. The summed E-state index contributed by atoms with van der Waals surface area (Å²) in [6.07, 6.45) is 0. The Morgan fingerprint density at radius 3 is 2.58 bits per heavy atom. The second kappa shape index (κ2) is 5.10. The molecule has 1 aromatic carbocycles. The summed E-state index contributed by atoms with van der Waals surface area (Å²) in [4.78, 5) is 0. The van der Waals surface area contributed by atoms with Crippen LogP contribution in [-0.4, -0.2) is 23.9 Å². The van der Waals surface area contributed by atoms with Gasteiger partial charge in [-0.15, -0.1) is 4.68 Å². The van der Waals surface area contributed by atoms with Crippen LogP contribution in [0.2, 0.25) is 0 Å². The minimum absolute atomic E-state index is 0.0696. The van der Waals surface area contributed by atoms with Gasteiger partial charge in [0, 0.05) is 6.07 Å². The number of aromatic amines is 1. The molecule has 104 valence electrons. The van der Waals surface area contributed by atoms with Gasteiger partial charge in [0.2, 0.25) is 14.3 Å². The highest BCUT2D eigenvalue weighted by molar-refractivity contribution is 7.86. The van der Waals surface area contributed by atoms with E-state index in [9.17, 15) is 8.42 Å². The average molecular weight is 345 g/mol. The highest BCUT2D eigenvalue weighted by atomic mass is 35.6. The van der Waals surface area contributed by atoms with Crippen LogP contribution in [0, 0.1) is 0 Å². The van der Waals surface area contributed by atoms with Crippen molar-refractivity contribution in [1.82, 2.24) is 5.10 Å². The molecule has 0 aliphatic heterocycles. The fourth-order valence-corrected chi connectivity index (χ4v) is 3.12. The zero-order valence-corrected chi connectivity index (χ0v) is 12.8. The van der Waals surface area contributed by atoms with Crippen molar-refractivity contribution in [3.8, 4) is 0 Å². The van der Waals surface area contributed by atoms with E-state index >= 15 is 0 Å². The van der Waals surface area contributed by atoms with Crippen molar-refractivity contribution in [3.05, 3.63) is 24.3 Å². The largest absolute Gasteiger partial charge is 0.318 e. The van der Waals surface area contributed by atoms with Crippen LogP contribution < -0.4 is 4.68 Å². The van der Waals surface area contributed by atoms with Crippen molar-refractivity contribution in [3.63, 3.8) is 0 Å². The number of nitrogens with zero attached hydrogens (tertiary/aromatic N) is 1. The van der Waals surface area contributed by atoms with E-state index in [0.29, 0.717) is 5.39 Å². The van der Waals surface area contributed by atoms with Crippen molar-refractivity contribution in [2.45, 2.75) is 8.82 Å². The maximum Gasteiger partial charge on any atom is 0.318 e. The van der Waals surface area contributed by atoms with Crippen LogP contribution in [-0.2, 0) is 21.3 Å². The summed E-state index contributed by atoms with van der Waals surface area (Å²) in [5.74, 6) is 0. The first-order valence-corrected chi connectivity index (χ1v) is 7.68. The third-order valence-corrected chi connectivity index (χ3v) is 3.97. The minimum Gasteiger partial charge on any atom is -0.261 e. The Hall–Kier alpha value is -0.530. The molecule has 0 spiro atoms. The molecule has 0 fully saturated rings. The fraction of sp³-hybridized carbons (Fsp3) is 0.300. The highest BCUT2D eigenvalue weighted by Crippen LogP contribution is 2.28. The number of H-pyrrole nitrogens is 1. The smallest absolute Gasteiger partial charge is 0.261 e. The third kappa shape index (κ3) is 3.32. The van der Waals surface area contributed by atoms with Gasteiger partial charge < -0.3 is 0 Å². The van der Waals surface area contributed by atoms with Crippen molar-refractivity contribution >= 4 is 55.8 Å². The lowest BCUT2D eigenvalue weighted by Gasteiger charge is -2.09. The van der Waals surface area contributed by atoms with Crippen molar-refractivity contribution in [1.29, 1.82) is 0 Å². The lowest BCUT2D eigenvalue weighted by Crippen LogP contribution is -2.30. The van der Waals surface area contributed by atoms with Gasteiger partial charge in [-0.2, -0.15) is 13.5 Å². The minimum atomic E-state index is -4.03. The van der Waals surface area contributed by atoms with E-state index in [4.69, 9.17) is 39.0 Å². The van der Waals surface area contributed by atoms with Gasteiger partial charge in [-0.25, -0.2) is 0 Å². The first-order valence-electron chi connectivity index (χ1n) is 5.14. The number of benzene rings is 1. The van der Waals surface area contributed by atoms with Crippen LogP contribution in [0.4, 0.5) is 0 Å². The SMILES string of the molecule is C[n+]1[nH]c(S(=O)(=O)OCC(Cl)(Cl)Cl)c2ccccc21. The molecule has 1 N–H and O–H groups in total. The van der Waals surface area contributed by atoms with Crippen LogP contribution >= 0.6 is 34.8 Å². The number of halogens is 3. The van der Waals surface area contributed by atoms with Crippen molar-refractivity contribution < 1.29 is 17.3 Å². The number of nitrogens with one attached hydrogen (secondary N) is 1. The first-order chi connectivity index (χ1) is 8.71. The third-order valence-electron chi connectivity index (χ3n) is 2.41. The zero-order valence-electron chi connectivity index (χ0n) is 9.73. The fourth-order valence-electron chi connectivity index (χ4n) is 1.62. The molecule has 0 atom stereocenters. The average Bonchev–Trinajstić information content (AvgIpc) is 2.65. The summed E-state index contributed by atoms with van der Waals surface area (Å²) >= 11 is 16.4. The van der Waals surface area contributed by atoms with Crippen LogP contribution in [0.1, 0.15) is 0 Å². The monoisotopic (exact) mass is 343 g/mol. The molecule has 0 bridgehead atoms. The van der Waals surface area contributed by atoms with Crippen LogP contribution in [0.3, 0.4) is 0 Å². The first kappa shape index (κ1) is 14.9. The molecule has 2 rings (SSSR count). The van der Waals surface area contributed by atoms with Gasteiger partial charge in [-0.3, -0.25) is 4.18 Å². The molecule has 0 saturated carbocycles. The molecule has 19 heavy (non-hydrogen) atoms. The molecule has 0 aliphatic carbocycles. The van der Waals surface area contributed by atoms with E-state index in [1.807, 2.05) is 0 Å². The molecule has 0 saturated heterocycles. The number of aromatic nitrogens is 2. The Morgan fingerprint density at radius 2 is 1.95 bits per heavy atom. The van der Waals surface area contributed by atoms with Crippen LogP contribution in [0.5, 0.6) is 0 Å². The van der Waals surface area contributed by atoms with Crippen molar-refractivity contribution in [2.75, 3.05) is 6.61 Å². The molecule has 0 radical (unpaired) electrons. The molecular formula is C10H10Cl3N2O3S+. The normalized spacial score (nSPS) is 13.1. The Labute approximate surface area is 125 Å². The van der Waals surface area contributed by atoms with Gasteiger partial charge in [-0.05, 0) is 6.07 Å². The van der Waals surface area contributed by atoms with E-state index in [0.717, 1.165) is 5.52 Å². The Bertz CT molecular complexity index is 706. The Morgan fingerprint density at radius 1 is 1.32 bits per heavy atom. The number of hydrogen-bond donors (Lipinski definition) is 1. The predicted octanol–water partition coefficient (Wildman–Crippen LogP) is 2.07.